The number of nitrogens with zero attached hydrogens (tertiary/aromatic N) is 5. The maximum absolute atomic E-state index is 4.71. The summed E-state index contributed by atoms with van der Waals surface area (Å²) in [7, 11) is 0. The van der Waals surface area contributed by atoms with Gasteiger partial charge in [-0.25, -0.2) is 14.5 Å². The molecule has 22 heavy (non-hydrogen) atoms. The third-order valence-electron chi connectivity index (χ3n) is 3.78. The van der Waals surface area contributed by atoms with E-state index in [0.29, 0.717) is 0 Å². The molecular weight excluding hydrogens is 278 g/mol. The molecule has 0 unspecified atom stereocenters. The van der Waals surface area contributed by atoms with Gasteiger partial charge in [-0.15, -0.1) is 0 Å². The number of rotatable bonds is 4. The number of fused-ring (bicyclic) bond motifs is 5. The van der Waals surface area contributed by atoms with Gasteiger partial charge in [0.1, 0.15) is 5.82 Å². The zero-order valence-corrected chi connectivity index (χ0v) is 12.6. The van der Waals surface area contributed by atoms with Gasteiger partial charge in [0.25, 0.3) is 0 Å². The van der Waals surface area contributed by atoms with Crippen LogP contribution in [0.15, 0.2) is 18.5 Å². The first-order valence-electron chi connectivity index (χ1n) is 7.50. The molecule has 2 N–H and O–H groups in total. The molecule has 0 spiro atoms. The highest BCUT2D eigenvalue weighted by molar-refractivity contribution is 6.06. The van der Waals surface area contributed by atoms with E-state index in [-0.39, 0.29) is 0 Å². The molecule has 0 saturated carbocycles. The van der Waals surface area contributed by atoms with Crippen molar-refractivity contribution in [3.05, 3.63) is 24.2 Å². The van der Waals surface area contributed by atoms with Gasteiger partial charge in [0.2, 0.25) is 0 Å². The number of aryl methyl sites for hydroxylation is 1. The van der Waals surface area contributed by atoms with Crippen LogP contribution in [0.25, 0.3) is 27.6 Å². The lowest BCUT2D eigenvalue weighted by molar-refractivity contribution is 0.831. The zero-order chi connectivity index (χ0) is 15.1. The van der Waals surface area contributed by atoms with Gasteiger partial charge in [-0.2, -0.15) is 10.2 Å². The first-order valence-corrected chi connectivity index (χ1v) is 7.50. The Morgan fingerprint density at radius 1 is 1.27 bits per heavy atom. The number of anilines is 1. The van der Waals surface area contributed by atoms with E-state index in [1.54, 1.807) is 6.20 Å². The van der Waals surface area contributed by atoms with E-state index in [1.807, 2.05) is 23.7 Å². The van der Waals surface area contributed by atoms with Crippen LogP contribution < -0.4 is 5.32 Å². The van der Waals surface area contributed by atoms with Crippen molar-refractivity contribution in [3.8, 4) is 0 Å². The van der Waals surface area contributed by atoms with Gasteiger partial charge in [-0.05, 0) is 13.3 Å². The lowest BCUT2D eigenvalue weighted by Crippen LogP contribution is -2.06. The second kappa shape index (κ2) is 4.94. The van der Waals surface area contributed by atoms with E-state index >= 15 is 0 Å². The molecule has 0 saturated heterocycles. The molecule has 0 atom stereocenters. The van der Waals surface area contributed by atoms with Crippen LogP contribution in [-0.2, 0) is 0 Å². The summed E-state index contributed by atoms with van der Waals surface area (Å²) in [6, 6.07) is 1.98. The molecule has 112 valence electrons. The van der Waals surface area contributed by atoms with Crippen LogP contribution in [0.2, 0.25) is 0 Å². The Morgan fingerprint density at radius 2 is 2.18 bits per heavy atom. The Labute approximate surface area is 126 Å². The zero-order valence-electron chi connectivity index (χ0n) is 12.6. The third kappa shape index (κ3) is 1.89. The van der Waals surface area contributed by atoms with Crippen molar-refractivity contribution in [2.24, 2.45) is 0 Å². The third-order valence-corrected chi connectivity index (χ3v) is 3.78. The van der Waals surface area contributed by atoms with Crippen molar-refractivity contribution in [3.63, 3.8) is 0 Å². The number of pyridine rings is 1. The molecule has 0 radical (unpaired) electrons. The minimum atomic E-state index is 0.757. The largest absolute Gasteiger partial charge is 0.369 e. The van der Waals surface area contributed by atoms with E-state index in [2.05, 4.69) is 32.5 Å². The summed E-state index contributed by atoms with van der Waals surface area (Å²) >= 11 is 0. The van der Waals surface area contributed by atoms with Crippen molar-refractivity contribution in [2.45, 2.75) is 26.7 Å². The molecule has 0 amide bonds. The summed E-state index contributed by atoms with van der Waals surface area (Å²) in [6.45, 7) is 5.04. The first kappa shape index (κ1) is 13.0. The van der Waals surface area contributed by atoms with Crippen LogP contribution in [0.1, 0.15) is 25.5 Å². The van der Waals surface area contributed by atoms with Gasteiger partial charge in [0, 0.05) is 18.8 Å². The summed E-state index contributed by atoms with van der Waals surface area (Å²) in [6.07, 6.45) is 5.86. The molecule has 0 aromatic carbocycles. The van der Waals surface area contributed by atoms with Crippen molar-refractivity contribution < 1.29 is 0 Å². The molecule has 0 bridgehead atoms. The van der Waals surface area contributed by atoms with Gasteiger partial charge in [0.05, 0.1) is 28.2 Å². The van der Waals surface area contributed by atoms with Crippen molar-refractivity contribution >= 4 is 33.4 Å². The number of nitrogens with one attached hydrogen (secondary N) is 2. The van der Waals surface area contributed by atoms with E-state index in [0.717, 1.165) is 58.5 Å². The molecule has 0 aliphatic heterocycles. The molecule has 4 aromatic rings. The first-order chi connectivity index (χ1) is 10.8. The summed E-state index contributed by atoms with van der Waals surface area (Å²) in [4.78, 5) is 9.14. The second-order valence-corrected chi connectivity index (χ2v) is 5.45. The topological polar surface area (TPSA) is 83.8 Å². The normalized spacial score (nSPS) is 11.7. The average molecular weight is 295 g/mol. The summed E-state index contributed by atoms with van der Waals surface area (Å²) in [5, 5.41) is 16.9. The van der Waals surface area contributed by atoms with Gasteiger partial charge in [0.15, 0.2) is 11.3 Å². The smallest absolute Gasteiger partial charge is 0.158 e. The Morgan fingerprint density at radius 3 is 3.05 bits per heavy atom. The number of unbranched alkanes of at least 4 members (excludes halogenated alkanes) is 1. The Bertz CT molecular complexity index is 966. The van der Waals surface area contributed by atoms with E-state index < -0.39 is 0 Å². The lowest BCUT2D eigenvalue weighted by Gasteiger charge is -2.10. The fraction of sp³-hybridized carbons (Fsp3) is 0.333. The van der Waals surface area contributed by atoms with Gasteiger partial charge >= 0.3 is 0 Å². The molecule has 0 fully saturated rings. The summed E-state index contributed by atoms with van der Waals surface area (Å²) in [5.41, 5.74) is 3.51. The van der Waals surface area contributed by atoms with E-state index in [1.165, 1.54) is 0 Å². The van der Waals surface area contributed by atoms with Crippen LogP contribution in [0.5, 0.6) is 0 Å². The molecule has 7 heteroatoms. The SMILES string of the molecule is CCCCNc1nc2cc(C)nn2c2c1cnc1[nH]ncc12. The summed E-state index contributed by atoms with van der Waals surface area (Å²) < 4.78 is 1.87. The van der Waals surface area contributed by atoms with Gasteiger partial charge in [-0.3, -0.25) is 5.10 Å². The summed E-state index contributed by atoms with van der Waals surface area (Å²) in [5.74, 6) is 0.853. The maximum Gasteiger partial charge on any atom is 0.158 e. The molecule has 4 rings (SSSR count). The quantitative estimate of drug-likeness (QED) is 0.565. The van der Waals surface area contributed by atoms with Crippen LogP contribution in [0, 0.1) is 6.92 Å². The highest BCUT2D eigenvalue weighted by atomic mass is 15.3. The molecule has 0 aliphatic rings. The fourth-order valence-corrected chi connectivity index (χ4v) is 2.71. The monoisotopic (exact) mass is 295 g/mol. The minimum Gasteiger partial charge on any atom is -0.369 e. The second-order valence-electron chi connectivity index (χ2n) is 5.45. The number of H-pyrrole nitrogens is 1. The lowest BCUT2D eigenvalue weighted by atomic mass is 10.2. The molecule has 7 nitrogen and oxygen atoms in total. The Hall–Kier alpha value is -2.70. The van der Waals surface area contributed by atoms with E-state index in [9.17, 15) is 0 Å². The fourth-order valence-electron chi connectivity index (χ4n) is 2.71. The standard InChI is InChI=1S/C15H17N7/c1-3-4-5-16-14-10-7-17-15-11(8-18-20-15)13(10)22-12(19-14)6-9(2)21-22/h6-8H,3-5H2,1-2H3,(H,16,19)(H,17,18,20). The molecule has 4 aromatic heterocycles. The Kier molecular flexibility index (Phi) is 2.92. The minimum absolute atomic E-state index is 0.757. The van der Waals surface area contributed by atoms with Crippen molar-refractivity contribution in [1.29, 1.82) is 0 Å². The van der Waals surface area contributed by atoms with Crippen LogP contribution in [0.4, 0.5) is 5.82 Å². The molecular formula is C15H17N7. The van der Waals surface area contributed by atoms with Crippen LogP contribution in [-0.4, -0.2) is 36.3 Å². The molecule has 0 aliphatic carbocycles. The van der Waals surface area contributed by atoms with Crippen LogP contribution in [0.3, 0.4) is 0 Å². The van der Waals surface area contributed by atoms with Crippen molar-refractivity contribution in [1.82, 2.24) is 29.8 Å². The predicted octanol–water partition coefficient (Wildman–Crippen LogP) is 2.67. The average Bonchev–Trinajstić information content (AvgIpc) is 3.12. The van der Waals surface area contributed by atoms with Crippen molar-refractivity contribution in [2.75, 3.05) is 11.9 Å². The number of aromatic nitrogens is 6. The van der Waals surface area contributed by atoms with Gasteiger partial charge < -0.3 is 5.32 Å². The highest BCUT2D eigenvalue weighted by Crippen LogP contribution is 2.28. The maximum atomic E-state index is 4.71. The predicted molar refractivity (Wildman–Crippen MR) is 86.1 cm³/mol. The number of hydrogen-bond acceptors (Lipinski definition) is 5. The van der Waals surface area contributed by atoms with Crippen LogP contribution >= 0.6 is 0 Å². The number of aromatic amines is 1. The van der Waals surface area contributed by atoms with Gasteiger partial charge in [-0.1, -0.05) is 13.3 Å². The Balaban J connectivity index is 2.05. The number of hydrogen-bond donors (Lipinski definition) is 2. The highest BCUT2D eigenvalue weighted by Gasteiger charge is 2.14. The molecule has 4 heterocycles. The van der Waals surface area contributed by atoms with E-state index in [4.69, 9.17) is 4.98 Å².